The van der Waals surface area contributed by atoms with E-state index in [1.807, 2.05) is 4.72 Å². The molecule has 19 heavy (non-hydrogen) atoms. The molecule has 0 aliphatic heterocycles. The highest BCUT2D eigenvalue weighted by Crippen LogP contribution is 2.20. The van der Waals surface area contributed by atoms with Gasteiger partial charge in [0.15, 0.2) is 0 Å². The van der Waals surface area contributed by atoms with Crippen LogP contribution in [0.25, 0.3) is 0 Å². The van der Waals surface area contributed by atoms with Crippen molar-refractivity contribution in [1.82, 2.24) is 4.72 Å². The summed E-state index contributed by atoms with van der Waals surface area (Å²) in [4.78, 5) is 10.5. The lowest BCUT2D eigenvalue weighted by atomic mass is 10.2. The van der Waals surface area contributed by atoms with Crippen LogP contribution in [0.3, 0.4) is 0 Å². The molecule has 0 aliphatic rings. The Morgan fingerprint density at radius 2 is 1.89 bits per heavy atom. The molecule has 0 aliphatic carbocycles. The van der Waals surface area contributed by atoms with Crippen LogP contribution in [0.1, 0.15) is 10.4 Å². The highest BCUT2D eigenvalue weighted by atomic mass is 35.5. The molecule has 1 rings (SSSR count). The summed E-state index contributed by atoms with van der Waals surface area (Å²) in [5.41, 5.74) is -0.353. The molecule has 0 unspecified atom stereocenters. The van der Waals surface area contributed by atoms with Crippen molar-refractivity contribution in [3.63, 3.8) is 0 Å². The number of hydrogen-bond acceptors (Lipinski definition) is 5. The Labute approximate surface area is 114 Å². The van der Waals surface area contributed by atoms with Crippen molar-refractivity contribution in [3.8, 4) is 0 Å². The number of nitrogens with one attached hydrogen (secondary N) is 1. The SMILES string of the molecule is O=C(O)c1cc(S(=O)(=O)NC(CO)CO)ccc1Cl. The van der Waals surface area contributed by atoms with E-state index in [0.29, 0.717) is 0 Å². The summed E-state index contributed by atoms with van der Waals surface area (Å²) in [5.74, 6) is -1.36. The van der Waals surface area contributed by atoms with Crippen LogP contribution in [0, 0.1) is 0 Å². The van der Waals surface area contributed by atoms with Crippen molar-refractivity contribution in [2.75, 3.05) is 13.2 Å². The second-order valence-electron chi connectivity index (χ2n) is 3.63. The van der Waals surface area contributed by atoms with Gasteiger partial charge in [0.05, 0.1) is 34.7 Å². The van der Waals surface area contributed by atoms with Gasteiger partial charge in [0.2, 0.25) is 10.0 Å². The molecule has 0 bridgehead atoms. The molecule has 0 spiro atoms. The lowest BCUT2D eigenvalue weighted by Crippen LogP contribution is -2.40. The third kappa shape index (κ3) is 3.88. The van der Waals surface area contributed by atoms with Crippen LogP contribution >= 0.6 is 11.6 Å². The van der Waals surface area contributed by atoms with E-state index < -0.39 is 35.2 Å². The van der Waals surface area contributed by atoms with Gasteiger partial charge in [-0.05, 0) is 18.2 Å². The van der Waals surface area contributed by atoms with Gasteiger partial charge < -0.3 is 15.3 Å². The number of carboxylic acids is 1. The van der Waals surface area contributed by atoms with Crippen LogP contribution in [0.2, 0.25) is 5.02 Å². The number of aromatic carboxylic acids is 1. The number of aliphatic hydroxyl groups excluding tert-OH is 2. The molecule has 0 amide bonds. The number of rotatable bonds is 6. The maximum Gasteiger partial charge on any atom is 0.337 e. The van der Waals surface area contributed by atoms with E-state index in [-0.39, 0.29) is 15.5 Å². The number of aliphatic hydroxyl groups is 2. The first kappa shape index (κ1) is 15.9. The van der Waals surface area contributed by atoms with E-state index in [9.17, 15) is 13.2 Å². The summed E-state index contributed by atoms with van der Waals surface area (Å²) >= 11 is 5.63. The van der Waals surface area contributed by atoms with Gasteiger partial charge in [0.1, 0.15) is 0 Å². The summed E-state index contributed by atoms with van der Waals surface area (Å²) in [6.45, 7) is -1.18. The fourth-order valence-corrected chi connectivity index (χ4v) is 2.70. The second-order valence-corrected chi connectivity index (χ2v) is 5.75. The normalized spacial score (nSPS) is 11.8. The number of carboxylic acid groups (broad SMARTS) is 1. The number of carbonyl (C=O) groups is 1. The minimum atomic E-state index is -4.05. The summed E-state index contributed by atoms with van der Waals surface area (Å²) in [6.07, 6.45) is 0. The smallest absolute Gasteiger partial charge is 0.337 e. The fourth-order valence-electron chi connectivity index (χ4n) is 1.26. The van der Waals surface area contributed by atoms with Gasteiger partial charge >= 0.3 is 5.97 Å². The number of hydrogen-bond donors (Lipinski definition) is 4. The molecule has 7 nitrogen and oxygen atoms in total. The Morgan fingerprint density at radius 1 is 1.32 bits per heavy atom. The Hall–Kier alpha value is -1.19. The predicted molar refractivity (Wildman–Crippen MR) is 66.7 cm³/mol. The van der Waals surface area contributed by atoms with Crippen LogP contribution in [-0.4, -0.2) is 49.0 Å². The van der Waals surface area contributed by atoms with Gasteiger partial charge in [-0.25, -0.2) is 17.9 Å². The standard InChI is InChI=1S/C10H12ClNO6S/c11-9-2-1-7(3-8(9)10(15)16)19(17,18)12-6(4-13)5-14/h1-3,6,12-14H,4-5H2,(H,15,16). The van der Waals surface area contributed by atoms with Crippen molar-refractivity contribution in [3.05, 3.63) is 28.8 Å². The molecule has 1 aromatic carbocycles. The zero-order chi connectivity index (χ0) is 14.6. The van der Waals surface area contributed by atoms with E-state index in [1.165, 1.54) is 0 Å². The molecule has 0 aromatic heterocycles. The molecule has 9 heteroatoms. The maximum atomic E-state index is 11.9. The van der Waals surface area contributed by atoms with Crippen molar-refractivity contribution < 1.29 is 28.5 Å². The number of benzene rings is 1. The Bertz CT molecular complexity index is 569. The van der Waals surface area contributed by atoms with Crippen molar-refractivity contribution in [2.24, 2.45) is 0 Å². The highest BCUT2D eigenvalue weighted by Gasteiger charge is 2.21. The minimum Gasteiger partial charge on any atom is -0.478 e. The average molecular weight is 310 g/mol. The third-order valence-corrected chi connectivity index (χ3v) is 4.09. The van der Waals surface area contributed by atoms with Gasteiger partial charge in [-0.15, -0.1) is 0 Å². The predicted octanol–water partition coefficient (Wildman–Crippen LogP) is -0.330. The molecular weight excluding hydrogens is 298 g/mol. The van der Waals surface area contributed by atoms with Crippen LogP contribution < -0.4 is 4.72 Å². The first-order chi connectivity index (χ1) is 8.81. The summed E-state index contributed by atoms with van der Waals surface area (Å²) < 4.78 is 25.8. The van der Waals surface area contributed by atoms with Crippen molar-refractivity contribution >= 4 is 27.6 Å². The molecule has 0 heterocycles. The Morgan fingerprint density at radius 3 is 2.37 bits per heavy atom. The summed E-state index contributed by atoms with van der Waals surface area (Å²) in [7, 11) is -4.05. The van der Waals surface area contributed by atoms with Crippen molar-refractivity contribution in [1.29, 1.82) is 0 Å². The van der Waals surface area contributed by atoms with E-state index in [1.54, 1.807) is 0 Å². The average Bonchev–Trinajstić information content (AvgIpc) is 2.35. The van der Waals surface area contributed by atoms with Crippen molar-refractivity contribution in [2.45, 2.75) is 10.9 Å². The first-order valence-electron chi connectivity index (χ1n) is 5.08. The third-order valence-electron chi connectivity index (χ3n) is 2.24. The zero-order valence-corrected chi connectivity index (χ0v) is 11.1. The lowest BCUT2D eigenvalue weighted by molar-refractivity contribution is 0.0697. The van der Waals surface area contributed by atoms with E-state index >= 15 is 0 Å². The van der Waals surface area contributed by atoms with Gasteiger partial charge in [0, 0.05) is 0 Å². The molecule has 0 saturated carbocycles. The number of halogens is 1. The molecule has 4 N–H and O–H groups in total. The molecule has 0 radical (unpaired) electrons. The maximum absolute atomic E-state index is 11.9. The molecular formula is C10H12ClNO6S. The topological polar surface area (TPSA) is 124 Å². The first-order valence-corrected chi connectivity index (χ1v) is 6.95. The summed E-state index contributed by atoms with van der Waals surface area (Å²) in [5, 5.41) is 26.4. The largest absolute Gasteiger partial charge is 0.478 e. The molecule has 0 saturated heterocycles. The monoisotopic (exact) mass is 309 g/mol. The molecule has 0 atom stereocenters. The summed E-state index contributed by atoms with van der Waals surface area (Å²) in [6, 6.07) is 2.11. The Balaban J connectivity index is 3.15. The van der Waals surface area contributed by atoms with E-state index in [4.69, 9.17) is 26.9 Å². The fraction of sp³-hybridized carbons (Fsp3) is 0.300. The van der Waals surface area contributed by atoms with E-state index in [2.05, 4.69) is 0 Å². The second kappa shape index (κ2) is 6.31. The Kier molecular flexibility index (Phi) is 5.27. The van der Waals surface area contributed by atoms with Crippen LogP contribution in [0.15, 0.2) is 23.1 Å². The van der Waals surface area contributed by atoms with Crippen LogP contribution in [0.5, 0.6) is 0 Å². The minimum absolute atomic E-state index is 0.0904. The van der Waals surface area contributed by atoms with Gasteiger partial charge in [-0.3, -0.25) is 0 Å². The highest BCUT2D eigenvalue weighted by molar-refractivity contribution is 7.89. The molecule has 106 valence electrons. The van der Waals surface area contributed by atoms with Crippen LogP contribution in [0.4, 0.5) is 0 Å². The quantitative estimate of drug-likeness (QED) is 0.570. The molecule has 0 fully saturated rings. The van der Waals surface area contributed by atoms with E-state index in [0.717, 1.165) is 18.2 Å². The van der Waals surface area contributed by atoms with Gasteiger partial charge in [-0.1, -0.05) is 11.6 Å². The lowest BCUT2D eigenvalue weighted by Gasteiger charge is -2.14. The zero-order valence-electron chi connectivity index (χ0n) is 9.58. The van der Waals surface area contributed by atoms with Gasteiger partial charge in [0.25, 0.3) is 0 Å². The molecule has 1 aromatic rings. The van der Waals surface area contributed by atoms with Crippen LogP contribution in [-0.2, 0) is 10.0 Å². The number of sulfonamides is 1. The van der Waals surface area contributed by atoms with Gasteiger partial charge in [-0.2, -0.15) is 0 Å².